The Balaban J connectivity index is 4.40. The molecular weight excluding hydrogens is 165 g/mol. The van der Waals surface area contributed by atoms with Crippen LogP contribution in [0.1, 0.15) is 27.7 Å². The van der Waals surface area contributed by atoms with Crippen molar-refractivity contribution in [3.63, 3.8) is 0 Å². The second kappa shape index (κ2) is 3.03. The van der Waals surface area contributed by atoms with E-state index in [9.17, 15) is 4.39 Å². The predicted molar refractivity (Wildman–Crippen MR) is 52.2 cm³/mol. The summed E-state index contributed by atoms with van der Waals surface area (Å²) in [5, 5.41) is 0. The molecule has 0 N–H and O–H groups in total. The first-order chi connectivity index (χ1) is 4.19. The highest BCUT2D eigenvalue weighted by Crippen LogP contribution is 2.47. The van der Waals surface area contributed by atoms with Crippen molar-refractivity contribution < 1.29 is 4.39 Å². The average Bonchev–Trinajstić information content (AvgIpc) is 1.62. The van der Waals surface area contributed by atoms with E-state index in [0.29, 0.717) is 0 Å². The zero-order chi connectivity index (χ0) is 8.58. The minimum absolute atomic E-state index is 0.0312. The van der Waals surface area contributed by atoms with Gasteiger partial charge in [-0.15, -0.1) is 18.5 Å². The fraction of sp³-hybridized carbons (Fsp3) is 1.00. The van der Waals surface area contributed by atoms with Crippen molar-refractivity contribution in [2.24, 2.45) is 5.41 Å². The molecule has 62 valence electrons. The fourth-order valence-electron chi connectivity index (χ4n) is 0.597. The van der Waals surface area contributed by atoms with E-state index < -0.39 is 11.1 Å². The van der Waals surface area contributed by atoms with Gasteiger partial charge in [0.05, 0.1) is 0 Å². The van der Waals surface area contributed by atoms with E-state index >= 15 is 0 Å². The maximum atomic E-state index is 12.9. The van der Waals surface area contributed by atoms with Gasteiger partial charge in [-0.2, -0.15) is 0 Å². The Labute approximate surface area is 67.8 Å². The van der Waals surface area contributed by atoms with Crippen molar-refractivity contribution in [3.05, 3.63) is 0 Å². The predicted octanol–water partition coefficient (Wildman–Crippen LogP) is 2.84. The molecule has 3 atom stereocenters. The van der Waals surface area contributed by atoms with E-state index in [2.05, 4.69) is 18.5 Å². The Bertz CT molecular complexity index is 113. The first-order valence-corrected chi connectivity index (χ1v) is 4.57. The molecule has 0 bridgehead atoms. The van der Waals surface area contributed by atoms with Crippen LogP contribution in [0.15, 0.2) is 0 Å². The SMILES string of the molecule is CC(F)C(P)(P)C(C)(C)C. The second-order valence-electron chi connectivity index (χ2n) is 3.80. The number of hydrogen-bond donors (Lipinski definition) is 0. The van der Waals surface area contributed by atoms with Gasteiger partial charge in [0.25, 0.3) is 0 Å². The smallest absolute Gasteiger partial charge is 0.110 e. The maximum Gasteiger partial charge on any atom is 0.110 e. The monoisotopic (exact) mass is 182 g/mol. The van der Waals surface area contributed by atoms with Crippen LogP contribution in [-0.2, 0) is 0 Å². The molecule has 0 saturated heterocycles. The Kier molecular flexibility index (Phi) is 3.27. The van der Waals surface area contributed by atoms with Gasteiger partial charge in [0.1, 0.15) is 6.17 Å². The highest BCUT2D eigenvalue weighted by molar-refractivity contribution is 7.40. The molecule has 0 radical (unpaired) electrons. The lowest BCUT2D eigenvalue weighted by Crippen LogP contribution is -2.37. The maximum absolute atomic E-state index is 12.9. The standard InChI is InChI=1S/C7H17FP2/c1-5(8)7(9,10)6(2,3)4/h5H,9-10H2,1-4H3. The van der Waals surface area contributed by atoms with Gasteiger partial charge in [-0.3, -0.25) is 0 Å². The molecule has 0 spiro atoms. The van der Waals surface area contributed by atoms with E-state index in [1.165, 1.54) is 0 Å². The molecule has 0 heterocycles. The highest BCUT2D eigenvalue weighted by atomic mass is 31.1. The highest BCUT2D eigenvalue weighted by Gasteiger charge is 2.38. The van der Waals surface area contributed by atoms with Crippen LogP contribution in [0.25, 0.3) is 0 Å². The van der Waals surface area contributed by atoms with Crippen LogP contribution in [0, 0.1) is 5.41 Å². The topological polar surface area (TPSA) is 0 Å². The molecule has 0 aliphatic heterocycles. The molecular formula is C7H17FP2. The van der Waals surface area contributed by atoms with E-state index in [1.807, 2.05) is 20.8 Å². The lowest BCUT2D eigenvalue weighted by Gasteiger charge is -2.39. The minimum atomic E-state index is -0.817. The van der Waals surface area contributed by atoms with Crippen LogP contribution >= 0.6 is 18.5 Å². The fourth-order valence-corrected chi connectivity index (χ4v) is 0.597. The summed E-state index contributed by atoms with van der Waals surface area (Å²) in [5.41, 5.74) is -0.0312. The summed E-state index contributed by atoms with van der Waals surface area (Å²) in [7, 11) is 5.13. The Morgan fingerprint density at radius 2 is 1.50 bits per heavy atom. The molecule has 0 aromatic heterocycles. The molecule has 0 nitrogen and oxygen atoms in total. The van der Waals surface area contributed by atoms with Crippen molar-refractivity contribution in [2.45, 2.75) is 38.8 Å². The molecule has 3 heteroatoms. The van der Waals surface area contributed by atoms with Gasteiger partial charge in [0.2, 0.25) is 0 Å². The third-order valence-corrected chi connectivity index (χ3v) is 4.61. The molecule has 10 heavy (non-hydrogen) atoms. The molecule has 0 rings (SSSR count). The molecule has 0 aromatic rings. The molecule has 0 aliphatic carbocycles. The summed E-state index contributed by atoms with van der Waals surface area (Å²) in [4.78, 5) is -0.396. The quantitative estimate of drug-likeness (QED) is 0.547. The van der Waals surface area contributed by atoms with Crippen LogP contribution < -0.4 is 0 Å². The number of alkyl halides is 1. The van der Waals surface area contributed by atoms with Gasteiger partial charge < -0.3 is 0 Å². The summed E-state index contributed by atoms with van der Waals surface area (Å²) in [6, 6.07) is 0. The summed E-state index contributed by atoms with van der Waals surface area (Å²) in [6.07, 6.45) is -0.817. The van der Waals surface area contributed by atoms with E-state index in [1.54, 1.807) is 6.92 Å². The van der Waals surface area contributed by atoms with Crippen LogP contribution in [0.5, 0.6) is 0 Å². The van der Waals surface area contributed by atoms with Crippen molar-refractivity contribution in [2.75, 3.05) is 0 Å². The first-order valence-electron chi connectivity index (χ1n) is 3.41. The molecule has 0 saturated carbocycles. The van der Waals surface area contributed by atoms with Crippen molar-refractivity contribution in [3.8, 4) is 0 Å². The third kappa shape index (κ3) is 2.14. The Hall–Kier alpha value is 0.790. The molecule has 0 fully saturated rings. The molecule has 0 aromatic carbocycles. The third-order valence-electron chi connectivity index (χ3n) is 1.96. The van der Waals surface area contributed by atoms with Gasteiger partial charge in [-0.25, -0.2) is 4.39 Å². The summed E-state index contributed by atoms with van der Waals surface area (Å²) >= 11 is 0. The van der Waals surface area contributed by atoms with E-state index in [-0.39, 0.29) is 5.41 Å². The Morgan fingerprint density at radius 1 is 1.20 bits per heavy atom. The summed E-state index contributed by atoms with van der Waals surface area (Å²) < 4.78 is 12.9. The van der Waals surface area contributed by atoms with Crippen LogP contribution in [0.4, 0.5) is 4.39 Å². The number of hydrogen-bond acceptors (Lipinski definition) is 0. The van der Waals surface area contributed by atoms with Crippen LogP contribution in [0.3, 0.4) is 0 Å². The zero-order valence-corrected chi connectivity index (χ0v) is 9.42. The molecule has 3 unspecified atom stereocenters. The van der Waals surface area contributed by atoms with Gasteiger partial charge >= 0.3 is 0 Å². The lowest BCUT2D eigenvalue weighted by molar-refractivity contribution is 0.229. The van der Waals surface area contributed by atoms with Crippen molar-refractivity contribution in [1.29, 1.82) is 0 Å². The van der Waals surface area contributed by atoms with Crippen LogP contribution in [-0.4, -0.2) is 11.1 Å². The normalized spacial score (nSPS) is 17.1. The van der Waals surface area contributed by atoms with Gasteiger partial charge in [-0.1, -0.05) is 20.8 Å². The molecule has 0 aliphatic rings. The number of halogens is 1. The summed E-state index contributed by atoms with van der Waals surface area (Å²) in [5.74, 6) is 0. The Morgan fingerprint density at radius 3 is 1.50 bits per heavy atom. The lowest BCUT2D eigenvalue weighted by atomic mass is 9.88. The van der Waals surface area contributed by atoms with E-state index in [0.717, 1.165) is 0 Å². The largest absolute Gasteiger partial charge is 0.246 e. The van der Waals surface area contributed by atoms with Crippen LogP contribution in [0.2, 0.25) is 0 Å². The minimum Gasteiger partial charge on any atom is -0.246 e. The van der Waals surface area contributed by atoms with Gasteiger partial charge in [-0.05, 0) is 12.3 Å². The van der Waals surface area contributed by atoms with Crippen molar-refractivity contribution in [1.82, 2.24) is 0 Å². The number of rotatable bonds is 1. The van der Waals surface area contributed by atoms with E-state index in [4.69, 9.17) is 0 Å². The van der Waals surface area contributed by atoms with Gasteiger partial charge in [0, 0.05) is 4.90 Å². The molecule has 0 amide bonds. The van der Waals surface area contributed by atoms with Gasteiger partial charge in [0.15, 0.2) is 0 Å². The van der Waals surface area contributed by atoms with Crippen molar-refractivity contribution >= 4 is 18.5 Å². The average molecular weight is 182 g/mol. The summed E-state index contributed by atoms with van der Waals surface area (Å²) in [6.45, 7) is 7.68. The second-order valence-corrected chi connectivity index (χ2v) is 6.38. The zero-order valence-electron chi connectivity index (χ0n) is 7.11. The first kappa shape index (κ1) is 10.8.